The fraction of sp³-hybridized carbons (Fsp3) is 0.207. The van der Waals surface area contributed by atoms with Crippen molar-refractivity contribution in [2.45, 2.75) is 32.1 Å². The number of nitrogens with zero attached hydrogens (tertiary/aromatic N) is 4. The molecule has 1 amide bonds. The van der Waals surface area contributed by atoms with E-state index >= 15 is 4.39 Å². The van der Waals surface area contributed by atoms with E-state index in [9.17, 15) is 4.79 Å². The van der Waals surface area contributed by atoms with Gasteiger partial charge in [0, 0.05) is 34.8 Å². The lowest BCUT2D eigenvalue weighted by Gasteiger charge is -2.20. The van der Waals surface area contributed by atoms with Gasteiger partial charge in [0.2, 0.25) is 5.91 Å². The smallest absolute Gasteiger partial charge is 0.227 e. The minimum absolute atomic E-state index is 0.0153. The van der Waals surface area contributed by atoms with Gasteiger partial charge < -0.3 is 14.7 Å². The van der Waals surface area contributed by atoms with Gasteiger partial charge in [0.25, 0.3) is 0 Å². The molecule has 6 aromatic rings. The first kappa shape index (κ1) is 23.3. The number of pyridine rings is 2. The first-order valence-electron chi connectivity index (χ1n) is 13.0. The highest BCUT2D eigenvalue weighted by atomic mass is 19.1. The molecule has 7 rings (SSSR count). The third-order valence-corrected chi connectivity index (χ3v) is 7.36. The molecule has 1 saturated carbocycles. The number of aromatic nitrogens is 6. The van der Waals surface area contributed by atoms with E-state index in [1.165, 1.54) is 12.5 Å². The second-order valence-corrected chi connectivity index (χ2v) is 9.89. The molecule has 1 aromatic carbocycles. The number of carbonyl (C=O) groups excluding carboxylic acids is 1. The summed E-state index contributed by atoms with van der Waals surface area (Å²) in [6.45, 7) is 0. The monoisotopic (exact) mass is 521 g/mol. The van der Waals surface area contributed by atoms with E-state index in [0.717, 1.165) is 36.8 Å². The number of anilines is 1. The number of rotatable bonds is 5. The topological polar surface area (TPSA) is 125 Å². The van der Waals surface area contributed by atoms with Gasteiger partial charge in [0.1, 0.15) is 28.2 Å². The Hall–Kier alpha value is -4.86. The standard InChI is InChI=1S/C29H24FN7O2/c30-22-12-18(19-10-20(14-31-13-19)33-29(38)16-4-2-1-3-5-16)11-21-25(22)36-37-26(21)28-34-23-6-8-32-24(27(23)35-28)17-7-9-39-15-17/h6-16H,1-5H2,(H,33,38)(H,34,35)(H,36,37). The zero-order valence-corrected chi connectivity index (χ0v) is 20.9. The molecular formula is C29H24FN7O2. The van der Waals surface area contributed by atoms with Crippen molar-refractivity contribution < 1.29 is 13.6 Å². The molecule has 3 N–H and O–H groups in total. The molecule has 5 heterocycles. The highest BCUT2D eigenvalue weighted by Gasteiger charge is 2.22. The zero-order chi connectivity index (χ0) is 26.3. The molecule has 0 spiro atoms. The molecule has 0 atom stereocenters. The maximum Gasteiger partial charge on any atom is 0.227 e. The van der Waals surface area contributed by atoms with Gasteiger partial charge in [-0.05, 0) is 48.7 Å². The number of fused-ring (bicyclic) bond motifs is 2. The second-order valence-electron chi connectivity index (χ2n) is 9.89. The van der Waals surface area contributed by atoms with Crippen molar-refractivity contribution >= 4 is 33.5 Å². The molecule has 5 aromatic heterocycles. The van der Waals surface area contributed by atoms with Gasteiger partial charge in [0.15, 0.2) is 5.82 Å². The van der Waals surface area contributed by atoms with Crippen LogP contribution in [0.4, 0.5) is 10.1 Å². The summed E-state index contributed by atoms with van der Waals surface area (Å²) in [5, 5.41) is 10.8. The summed E-state index contributed by atoms with van der Waals surface area (Å²) in [4.78, 5) is 29.6. The number of aromatic amines is 2. The summed E-state index contributed by atoms with van der Waals surface area (Å²) in [5.74, 6) is 0.0752. The number of imidazole rings is 1. The molecule has 0 saturated heterocycles. The molecule has 39 heavy (non-hydrogen) atoms. The molecular weight excluding hydrogens is 497 g/mol. The first-order chi connectivity index (χ1) is 19.1. The Balaban J connectivity index is 1.25. The quantitative estimate of drug-likeness (QED) is 0.238. The van der Waals surface area contributed by atoms with Crippen molar-refractivity contribution in [2.24, 2.45) is 5.92 Å². The highest BCUT2D eigenvalue weighted by Crippen LogP contribution is 2.34. The molecule has 194 valence electrons. The fourth-order valence-corrected chi connectivity index (χ4v) is 5.36. The SMILES string of the molecule is O=C(Nc1cncc(-c2cc(F)c3[nH]nc(-c4nc5c(-c6ccoc6)nccc5[nH]4)c3c2)c1)C1CCCCC1. The Kier molecular flexibility index (Phi) is 5.65. The van der Waals surface area contributed by atoms with Crippen LogP contribution in [-0.2, 0) is 4.79 Å². The van der Waals surface area contributed by atoms with Crippen molar-refractivity contribution in [3.8, 4) is 33.9 Å². The van der Waals surface area contributed by atoms with Crippen LogP contribution in [-0.4, -0.2) is 36.0 Å². The van der Waals surface area contributed by atoms with E-state index in [1.807, 2.05) is 24.3 Å². The van der Waals surface area contributed by atoms with E-state index in [2.05, 4.69) is 30.5 Å². The molecule has 1 fully saturated rings. The van der Waals surface area contributed by atoms with Crippen molar-refractivity contribution in [1.29, 1.82) is 0 Å². The van der Waals surface area contributed by atoms with Crippen LogP contribution in [0.15, 0.2) is 65.9 Å². The lowest BCUT2D eigenvalue weighted by molar-refractivity contribution is -0.120. The number of hydrogen-bond donors (Lipinski definition) is 3. The Morgan fingerprint density at radius 1 is 1.03 bits per heavy atom. The average molecular weight is 522 g/mol. The van der Waals surface area contributed by atoms with E-state index in [-0.39, 0.29) is 17.3 Å². The average Bonchev–Trinajstić information content (AvgIpc) is 3.73. The number of H-pyrrole nitrogens is 2. The van der Waals surface area contributed by atoms with Gasteiger partial charge in [-0.25, -0.2) is 9.37 Å². The number of halogens is 1. The summed E-state index contributed by atoms with van der Waals surface area (Å²) in [6, 6.07) is 8.76. The molecule has 9 nitrogen and oxygen atoms in total. The number of benzene rings is 1. The third-order valence-electron chi connectivity index (χ3n) is 7.36. The molecule has 0 radical (unpaired) electrons. The van der Waals surface area contributed by atoms with E-state index < -0.39 is 5.82 Å². The summed E-state index contributed by atoms with van der Waals surface area (Å²) in [6.07, 6.45) is 13.3. The normalized spacial score (nSPS) is 14.3. The Labute approximate surface area is 221 Å². The van der Waals surface area contributed by atoms with Gasteiger partial charge in [-0.2, -0.15) is 5.10 Å². The van der Waals surface area contributed by atoms with Gasteiger partial charge in [0.05, 0.1) is 29.9 Å². The molecule has 0 bridgehead atoms. The van der Waals surface area contributed by atoms with E-state index in [1.54, 1.807) is 31.1 Å². The van der Waals surface area contributed by atoms with Gasteiger partial charge in [-0.3, -0.25) is 19.9 Å². The van der Waals surface area contributed by atoms with Gasteiger partial charge in [-0.15, -0.1) is 0 Å². The molecule has 1 aliphatic carbocycles. The van der Waals surface area contributed by atoms with Crippen LogP contribution in [0.1, 0.15) is 32.1 Å². The molecule has 0 aliphatic heterocycles. The second kappa shape index (κ2) is 9.46. The predicted molar refractivity (Wildman–Crippen MR) is 145 cm³/mol. The van der Waals surface area contributed by atoms with Crippen LogP contribution in [0.25, 0.3) is 55.8 Å². The lowest BCUT2D eigenvalue weighted by Crippen LogP contribution is -2.24. The van der Waals surface area contributed by atoms with E-state index in [0.29, 0.717) is 44.9 Å². The summed E-state index contributed by atoms with van der Waals surface area (Å²) in [5.41, 5.74) is 5.55. The number of nitrogens with one attached hydrogen (secondary N) is 3. The van der Waals surface area contributed by atoms with Crippen molar-refractivity contribution in [2.75, 3.05) is 5.32 Å². The summed E-state index contributed by atoms with van der Waals surface area (Å²) < 4.78 is 20.5. The lowest BCUT2D eigenvalue weighted by atomic mass is 9.88. The Bertz CT molecular complexity index is 1820. The van der Waals surface area contributed by atoms with Crippen LogP contribution in [0.5, 0.6) is 0 Å². The van der Waals surface area contributed by atoms with Crippen LogP contribution in [0.3, 0.4) is 0 Å². The minimum Gasteiger partial charge on any atom is -0.472 e. The number of hydrogen-bond acceptors (Lipinski definition) is 6. The van der Waals surface area contributed by atoms with Crippen molar-refractivity contribution in [3.05, 3.63) is 67.3 Å². The molecule has 10 heteroatoms. The van der Waals surface area contributed by atoms with Crippen LogP contribution in [0.2, 0.25) is 0 Å². The van der Waals surface area contributed by atoms with E-state index in [4.69, 9.17) is 9.40 Å². The number of amides is 1. The van der Waals surface area contributed by atoms with Crippen LogP contribution in [0, 0.1) is 11.7 Å². The van der Waals surface area contributed by atoms with Crippen LogP contribution >= 0.6 is 0 Å². The Morgan fingerprint density at radius 3 is 2.77 bits per heavy atom. The summed E-state index contributed by atoms with van der Waals surface area (Å²) >= 11 is 0. The van der Waals surface area contributed by atoms with Gasteiger partial charge >= 0.3 is 0 Å². The molecule has 1 aliphatic rings. The number of carbonyl (C=O) groups is 1. The predicted octanol–water partition coefficient (Wildman–Crippen LogP) is 6.48. The van der Waals surface area contributed by atoms with Crippen LogP contribution < -0.4 is 5.32 Å². The zero-order valence-electron chi connectivity index (χ0n) is 20.9. The maximum atomic E-state index is 15.3. The first-order valence-corrected chi connectivity index (χ1v) is 13.0. The summed E-state index contributed by atoms with van der Waals surface area (Å²) in [7, 11) is 0. The van der Waals surface area contributed by atoms with Gasteiger partial charge in [-0.1, -0.05) is 19.3 Å². The molecule has 0 unspecified atom stereocenters. The van der Waals surface area contributed by atoms with Crippen molar-refractivity contribution in [3.63, 3.8) is 0 Å². The third kappa shape index (κ3) is 4.23. The highest BCUT2D eigenvalue weighted by molar-refractivity contribution is 5.98. The largest absolute Gasteiger partial charge is 0.472 e. The van der Waals surface area contributed by atoms with Crippen molar-refractivity contribution in [1.82, 2.24) is 30.1 Å². The fourth-order valence-electron chi connectivity index (χ4n) is 5.36. The maximum absolute atomic E-state index is 15.3. The Morgan fingerprint density at radius 2 is 1.92 bits per heavy atom. The number of furan rings is 1. The minimum atomic E-state index is -0.449.